The third kappa shape index (κ3) is 1.40. The van der Waals surface area contributed by atoms with Crippen LogP contribution >= 0.6 is 0 Å². The minimum Gasteiger partial charge on any atom is -0.592 e. The summed E-state index contributed by atoms with van der Waals surface area (Å²) in [7, 11) is 1.24. The van der Waals surface area contributed by atoms with Gasteiger partial charge in [-0.25, -0.2) is 4.79 Å². The molecular formula is C2H4N2O2. The number of hydroxylamine groups is 1. The number of azo groups is 1. The normalized spacial score (nSPS) is 11.2. The lowest BCUT2D eigenvalue weighted by Crippen LogP contribution is -1.92. The number of nitrogens with zero attached hydrogens (tertiary/aromatic N) is 2. The summed E-state index contributed by atoms with van der Waals surface area (Å²) >= 11 is 0. The number of carbonyl (C=O) groups excluding carboxylic acids is 1. The van der Waals surface area contributed by atoms with E-state index in [0.717, 1.165) is 0 Å². The van der Waals surface area contributed by atoms with Crippen molar-refractivity contribution in [1.82, 2.24) is 0 Å². The van der Waals surface area contributed by atoms with Crippen molar-refractivity contribution in [2.45, 2.75) is 0 Å². The highest BCUT2D eigenvalue weighted by Crippen LogP contribution is 1.57. The maximum atomic E-state index is 9.56. The van der Waals surface area contributed by atoms with E-state index in [0.29, 0.717) is 0 Å². The Kier molecular flexibility index (Phi) is 1.96. The molecule has 0 aromatic carbocycles. The van der Waals surface area contributed by atoms with Gasteiger partial charge in [0.25, 0.3) is 0 Å². The fourth-order valence-corrected chi connectivity index (χ4v) is 0.0471. The first kappa shape index (κ1) is 5.07. The third-order valence-electron chi connectivity index (χ3n) is 0.287. The Morgan fingerprint density at radius 1 is 2.00 bits per heavy atom. The van der Waals surface area contributed by atoms with Crippen molar-refractivity contribution in [3.05, 3.63) is 5.21 Å². The maximum Gasteiger partial charge on any atom is 0.411 e. The number of carbonyl (C=O) groups is 1. The number of rotatable bonds is 1. The zero-order chi connectivity index (χ0) is 4.99. The van der Waals surface area contributed by atoms with E-state index in [1.54, 1.807) is 0 Å². The van der Waals surface area contributed by atoms with Crippen LogP contribution in [0.3, 0.4) is 0 Å². The van der Waals surface area contributed by atoms with Gasteiger partial charge in [-0.15, -0.1) is 0 Å². The van der Waals surface area contributed by atoms with E-state index in [2.05, 4.69) is 5.11 Å². The molecule has 1 amide bonds. The highest BCUT2D eigenvalue weighted by Gasteiger charge is 1.75. The van der Waals surface area contributed by atoms with Gasteiger partial charge in [-0.3, -0.25) is 0 Å². The van der Waals surface area contributed by atoms with Crippen LogP contribution in [0.25, 0.3) is 0 Å². The molecule has 0 radical (unpaired) electrons. The summed E-state index contributed by atoms with van der Waals surface area (Å²) in [5, 5.41) is 12.5. The SMILES string of the molecule is CN=[N+]([O-])C=O. The largest absolute Gasteiger partial charge is 0.592 e. The van der Waals surface area contributed by atoms with Crippen LogP contribution < -0.4 is 0 Å². The van der Waals surface area contributed by atoms with Gasteiger partial charge in [-0.05, 0) is 9.97 Å². The van der Waals surface area contributed by atoms with Gasteiger partial charge in [0.1, 0.15) is 0 Å². The Balaban J connectivity index is 3.50. The zero-order valence-electron chi connectivity index (χ0n) is 3.29. The third-order valence-corrected chi connectivity index (χ3v) is 0.287. The molecular weight excluding hydrogens is 84.0 g/mol. The Morgan fingerprint density at radius 2 is 2.50 bits per heavy atom. The molecule has 0 saturated carbocycles. The maximum absolute atomic E-state index is 9.56. The van der Waals surface area contributed by atoms with Crippen LogP contribution in [0.1, 0.15) is 0 Å². The molecule has 0 N–H and O–H groups in total. The van der Waals surface area contributed by atoms with Crippen molar-refractivity contribution in [3.8, 4) is 0 Å². The van der Waals surface area contributed by atoms with Crippen LogP contribution in [0.15, 0.2) is 5.11 Å². The fraction of sp³-hybridized carbons (Fsp3) is 0.500. The lowest BCUT2D eigenvalue weighted by molar-refractivity contribution is -0.432. The average molecular weight is 88.1 g/mol. The van der Waals surface area contributed by atoms with Gasteiger partial charge in [-0.1, -0.05) is 0 Å². The molecule has 0 atom stereocenters. The van der Waals surface area contributed by atoms with Crippen molar-refractivity contribution >= 4 is 6.41 Å². The Labute approximate surface area is 34.7 Å². The van der Waals surface area contributed by atoms with E-state index in [1.165, 1.54) is 7.05 Å². The molecule has 0 bridgehead atoms. The van der Waals surface area contributed by atoms with E-state index >= 15 is 0 Å². The molecule has 0 heterocycles. The second kappa shape index (κ2) is 2.32. The highest BCUT2D eigenvalue weighted by atomic mass is 16.5. The summed E-state index contributed by atoms with van der Waals surface area (Å²) in [6, 6.07) is 0. The summed E-state index contributed by atoms with van der Waals surface area (Å²) in [6.07, 6.45) is 0.0833. The monoisotopic (exact) mass is 88.0 g/mol. The van der Waals surface area contributed by atoms with Crippen molar-refractivity contribution in [2.24, 2.45) is 5.11 Å². The number of amides is 1. The Hall–Kier alpha value is -0.930. The smallest absolute Gasteiger partial charge is 0.411 e. The average Bonchev–Trinajstić information content (AvgIpc) is 1.65. The topological polar surface area (TPSA) is 55.5 Å². The van der Waals surface area contributed by atoms with Crippen molar-refractivity contribution < 1.29 is 9.66 Å². The summed E-state index contributed by atoms with van der Waals surface area (Å²) < 4.78 is 0. The number of hydrogen-bond acceptors (Lipinski definition) is 3. The molecule has 0 aliphatic heterocycles. The molecule has 0 aliphatic carbocycles. The van der Waals surface area contributed by atoms with Crippen LogP contribution in [0, 0.1) is 5.21 Å². The Bertz CT molecular complexity index is 77.6. The van der Waals surface area contributed by atoms with Crippen molar-refractivity contribution in [1.29, 1.82) is 0 Å². The van der Waals surface area contributed by atoms with Gasteiger partial charge in [0.2, 0.25) is 0 Å². The van der Waals surface area contributed by atoms with Crippen LogP contribution in [-0.4, -0.2) is 18.3 Å². The minimum absolute atomic E-state index is 0.0556. The second-order valence-electron chi connectivity index (χ2n) is 0.608. The van der Waals surface area contributed by atoms with Crippen LogP contribution in [-0.2, 0) is 4.79 Å². The first-order chi connectivity index (χ1) is 2.81. The predicted molar refractivity (Wildman–Crippen MR) is 18.0 cm³/mol. The minimum atomic E-state index is -0.0556. The highest BCUT2D eigenvalue weighted by molar-refractivity contribution is 5.33. The lowest BCUT2D eigenvalue weighted by Gasteiger charge is -1.79. The van der Waals surface area contributed by atoms with Gasteiger partial charge in [0, 0.05) is 0 Å². The molecule has 0 unspecified atom stereocenters. The fourth-order valence-electron chi connectivity index (χ4n) is 0.0471. The van der Waals surface area contributed by atoms with Gasteiger partial charge in [0.05, 0.1) is 7.05 Å². The van der Waals surface area contributed by atoms with Crippen molar-refractivity contribution in [3.63, 3.8) is 0 Å². The van der Waals surface area contributed by atoms with Crippen LogP contribution in [0.5, 0.6) is 0 Å². The predicted octanol–water partition coefficient (Wildman–Crippen LogP) is -0.265. The van der Waals surface area contributed by atoms with Crippen LogP contribution in [0.4, 0.5) is 0 Å². The summed E-state index contributed by atoms with van der Waals surface area (Å²) in [4.78, 5) is 9.20. The summed E-state index contributed by atoms with van der Waals surface area (Å²) in [6.45, 7) is 0. The van der Waals surface area contributed by atoms with E-state index < -0.39 is 0 Å². The number of hydrogen-bond donors (Lipinski definition) is 0. The molecule has 0 fully saturated rings. The quantitative estimate of drug-likeness (QED) is 0.192. The molecule has 0 aromatic rings. The van der Waals surface area contributed by atoms with E-state index in [4.69, 9.17) is 0 Å². The van der Waals surface area contributed by atoms with Gasteiger partial charge >= 0.3 is 6.41 Å². The molecule has 0 rings (SSSR count). The standard InChI is InChI=1S/C2H4N2O2/c1-3-4(6)2-5/h2H,1H3. The van der Waals surface area contributed by atoms with E-state index in [1.807, 2.05) is 0 Å². The molecule has 0 saturated heterocycles. The Morgan fingerprint density at radius 3 is 2.50 bits per heavy atom. The van der Waals surface area contributed by atoms with Crippen molar-refractivity contribution in [2.75, 3.05) is 7.05 Å². The molecule has 4 nitrogen and oxygen atoms in total. The van der Waals surface area contributed by atoms with Crippen LogP contribution in [0.2, 0.25) is 0 Å². The first-order valence-corrected chi connectivity index (χ1v) is 1.32. The molecule has 6 heavy (non-hydrogen) atoms. The van der Waals surface area contributed by atoms with E-state index in [9.17, 15) is 10.0 Å². The molecule has 0 aliphatic rings. The lowest BCUT2D eigenvalue weighted by atomic mass is 11.4. The second-order valence-corrected chi connectivity index (χ2v) is 0.608. The molecule has 0 spiro atoms. The first-order valence-electron chi connectivity index (χ1n) is 1.32. The molecule has 4 heteroatoms. The summed E-state index contributed by atoms with van der Waals surface area (Å²) in [5.41, 5.74) is 0. The molecule has 34 valence electrons. The van der Waals surface area contributed by atoms with E-state index in [-0.39, 0.29) is 11.3 Å². The van der Waals surface area contributed by atoms with Gasteiger partial charge in [-0.2, -0.15) is 0 Å². The zero-order valence-corrected chi connectivity index (χ0v) is 3.29. The molecule has 0 aromatic heterocycles. The summed E-state index contributed by atoms with van der Waals surface area (Å²) in [5.74, 6) is 0. The van der Waals surface area contributed by atoms with Gasteiger partial charge < -0.3 is 5.21 Å². The van der Waals surface area contributed by atoms with Gasteiger partial charge in [0.15, 0.2) is 0 Å².